The third kappa shape index (κ3) is 1.92. The molecule has 4 nitrogen and oxygen atoms in total. The van der Waals surface area contributed by atoms with Crippen molar-refractivity contribution in [3.8, 4) is 5.69 Å². The summed E-state index contributed by atoms with van der Waals surface area (Å²) in [5.41, 5.74) is 1.11. The van der Waals surface area contributed by atoms with Crippen molar-refractivity contribution in [3.63, 3.8) is 0 Å². The molecule has 2 rings (SSSR count). The van der Waals surface area contributed by atoms with E-state index >= 15 is 0 Å². The Morgan fingerprint density at radius 1 is 1.47 bits per heavy atom. The third-order valence-electron chi connectivity index (χ3n) is 1.99. The van der Waals surface area contributed by atoms with Crippen molar-refractivity contribution < 1.29 is 9.90 Å². The standard InChI is InChI=1S/C10H7BrN2O2/c11-9-5-7(13-4-3-12-6-13)1-2-8(9)10(14)15/h1-6H,(H,14,15). The highest BCUT2D eigenvalue weighted by molar-refractivity contribution is 9.10. The number of rotatable bonds is 2. The molecule has 0 saturated carbocycles. The number of aromatic nitrogens is 2. The molecule has 0 amide bonds. The van der Waals surface area contributed by atoms with Crippen molar-refractivity contribution in [2.45, 2.75) is 0 Å². The predicted molar refractivity (Wildman–Crippen MR) is 58.2 cm³/mol. The molecule has 2 aromatic rings. The van der Waals surface area contributed by atoms with Gasteiger partial charge in [0.05, 0.1) is 11.9 Å². The Kier molecular flexibility index (Phi) is 2.55. The van der Waals surface area contributed by atoms with Crippen LogP contribution in [0.25, 0.3) is 5.69 Å². The van der Waals surface area contributed by atoms with Crippen molar-refractivity contribution in [1.29, 1.82) is 0 Å². The second kappa shape index (κ2) is 3.86. The van der Waals surface area contributed by atoms with Crippen LogP contribution in [0, 0.1) is 0 Å². The smallest absolute Gasteiger partial charge is 0.336 e. The summed E-state index contributed by atoms with van der Waals surface area (Å²) < 4.78 is 2.36. The summed E-state index contributed by atoms with van der Waals surface area (Å²) in [6.07, 6.45) is 5.11. The van der Waals surface area contributed by atoms with Crippen LogP contribution >= 0.6 is 15.9 Å². The molecule has 15 heavy (non-hydrogen) atoms. The van der Waals surface area contributed by atoms with Crippen LogP contribution in [-0.4, -0.2) is 20.6 Å². The van der Waals surface area contributed by atoms with Crippen LogP contribution in [-0.2, 0) is 0 Å². The van der Waals surface area contributed by atoms with Crippen LogP contribution in [0.5, 0.6) is 0 Å². The molecule has 0 radical (unpaired) electrons. The van der Waals surface area contributed by atoms with Gasteiger partial charge in [-0.05, 0) is 34.1 Å². The van der Waals surface area contributed by atoms with E-state index < -0.39 is 5.97 Å². The maximum Gasteiger partial charge on any atom is 0.336 e. The van der Waals surface area contributed by atoms with Gasteiger partial charge in [0.1, 0.15) is 0 Å². The largest absolute Gasteiger partial charge is 0.478 e. The van der Waals surface area contributed by atoms with Crippen molar-refractivity contribution >= 4 is 21.9 Å². The number of hydrogen-bond donors (Lipinski definition) is 1. The molecule has 0 bridgehead atoms. The zero-order chi connectivity index (χ0) is 10.8. The van der Waals surface area contributed by atoms with Crippen LogP contribution in [0.2, 0.25) is 0 Å². The van der Waals surface area contributed by atoms with E-state index in [2.05, 4.69) is 20.9 Å². The first-order valence-corrected chi connectivity index (χ1v) is 4.99. The lowest BCUT2D eigenvalue weighted by atomic mass is 10.2. The molecule has 0 spiro atoms. The zero-order valence-corrected chi connectivity index (χ0v) is 9.18. The normalized spacial score (nSPS) is 10.2. The number of carboxylic acids is 1. The van der Waals surface area contributed by atoms with E-state index in [4.69, 9.17) is 5.11 Å². The number of carbonyl (C=O) groups is 1. The van der Waals surface area contributed by atoms with Gasteiger partial charge in [-0.1, -0.05) is 0 Å². The second-order valence-electron chi connectivity index (χ2n) is 2.94. The molecule has 1 aromatic heterocycles. The Morgan fingerprint density at radius 2 is 2.27 bits per heavy atom. The summed E-state index contributed by atoms with van der Waals surface area (Å²) in [7, 11) is 0. The Bertz CT molecular complexity index is 494. The minimum absolute atomic E-state index is 0.249. The lowest BCUT2D eigenvalue weighted by Gasteiger charge is -2.04. The highest BCUT2D eigenvalue weighted by Gasteiger charge is 2.08. The molecule has 0 atom stereocenters. The molecular weight excluding hydrogens is 260 g/mol. The Morgan fingerprint density at radius 3 is 2.80 bits per heavy atom. The first-order valence-electron chi connectivity index (χ1n) is 4.19. The topological polar surface area (TPSA) is 55.1 Å². The quantitative estimate of drug-likeness (QED) is 0.908. The molecule has 0 aliphatic heterocycles. The summed E-state index contributed by atoms with van der Waals surface area (Å²) in [4.78, 5) is 14.7. The highest BCUT2D eigenvalue weighted by atomic mass is 79.9. The Labute approximate surface area is 94.3 Å². The number of benzene rings is 1. The molecule has 0 fully saturated rings. The highest BCUT2D eigenvalue weighted by Crippen LogP contribution is 2.20. The van der Waals surface area contributed by atoms with Gasteiger partial charge in [-0.15, -0.1) is 0 Å². The van der Waals surface area contributed by atoms with Gasteiger partial charge in [-0.2, -0.15) is 0 Å². The molecule has 1 aromatic carbocycles. The molecule has 0 saturated heterocycles. The fraction of sp³-hybridized carbons (Fsp3) is 0. The van der Waals surface area contributed by atoms with Crippen molar-refractivity contribution in [1.82, 2.24) is 9.55 Å². The number of carboxylic acid groups (broad SMARTS) is 1. The average molecular weight is 267 g/mol. The van der Waals surface area contributed by atoms with Gasteiger partial charge in [-0.3, -0.25) is 0 Å². The van der Waals surface area contributed by atoms with Gasteiger partial charge in [0.25, 0.3) is 0 Å². The van der Waals surface area contributed by atoms with Crippen LogP contribution in [0.1, 0.15) is 10.4 Å². The summed E-state index contributed by atoms with van der Waals surface area (Å²) in [6.45, 7) is 0. The number of halogens is 1. The Hall–Kier alpha value is -1.62. The fourth-order valence-corrected chi connectivity index (χ4v) is 1.79. The maximum absolute atomic E-state index is 10.8. The molecule has 1 heterocycles. The lowest BCUT2D eigenvalue weighted by Crippen LogP contribution is -1.99. The van der Waals surface area contributed by atoms with Gasteiger partial charge in [0.2, 0.25) is 0 Å². The lowest BCUT2D eigenvalue weighted by molar-refractivity contribution is 0.0696. The van der Waals surface area contributed by atoms with Crippen LogP contribution < -0.4 is 0 Å². The van der Waals surface area contributed by atoms with Gasteiger partial charge < -0.3 is 9.67 Å². The van der Waals surface area contributed by atoms with E-state index in [9.17, 15) is 4.79 Å². The zero-order valence-electron chi connectivity index (χ0n) is 7.59. The number of imidazole rings is 1. The van der Waals surface area contributed by atoms with E-state index in [1.54, 1.807) is 41.5 Å². The minimum Gasteiger partial charge on any atom is -0.478 e. The van der Waals surface area contributed by atoms with E-state index in [0.29, 0.717) is 4.47 Å². The molecule has 0 unspecified atom stereocenters. The number of hydrogen-bond acceptors (Lipinski definition) is 2. The average Bonchev–Trinajstić information content (AvgIpc) is 2.69. The monoisotopic (exact) mass is 266 g/mol. The van der Waals surface area contributed by atoms with Crippen molar-refractivity contribution in [2.75, 3.05) is 0 Å². The minimum atomic E-state index is -0.945. The van der Waals surface area contributed by atoms with E-state index in [1.807, 2.05) is 0 Å². The van der Waals surface area contributed by atoms with E-state index in [-0.39, 0.29) is 5.56 Å². The maximum atomic E-state index is 10.8. The predicted octanol–water partition coefficient (Wildman–Crippen LogP) is 2.33. The SMILES string of the molecule is O=C(O)c1ccc(-n2ccnc2)cc1Br. The first-order chi connectivity index (χ1) is 7.18. The van der Waals surface area contributed by atoms with Crippen molar-refractivity contribution in [2.24, 2.45) is 0 Å². The summed E-state index contributed by atoms with van der Waals surface area (Å²) in [6, 6.07) is 5.03. The van der Waals surface area contributed by atoms with Crippen LogP contribution in [0.4, 0.5) is 0 Å². The number of nitrogens with zero attached hydrogens (tertiary/aromatic N) is 2. The van der Waals surface area contributed by atoms with Crippen LogP contribution in [0.3, 0.4) is 0 Å². The van der Waals surface area contributed by atoms with Crippen molar-refractivity contribution in [3.05, 3.63) is 47.0 Å². The second-order valence-corrected chi connectivity index (χ2v) is 3.79. The van der Waals surface area contributed by atoms with Gasteiger partial charge in [0, 0.05) is 22.6 Å². The molecular formula is C10H7BrN2O2. The molecule has 1 N–H and O–H groups in total. The van der Waals surface area contributed by atoms with E-state index in [1.165, 1.54) is 0 Å². The van der Waals surface area contributed by atoms with Gasteiger partial charge in [0.15, 0.2) is 0 Å². The van der Waals surface area contributed by atoms with Gasteiger partial charge >= 0.3 is 5.97 Å². The summed E-state index contributed by atoms with van der Waals surface area (Å²) in [5.74, 6) is -0.945. The third-order valence-corrected chi connectivity index (χ3v) is 2.64. The molecule has 5 heteroatoms. The molecule has 76 valence electrons. The fourth-order valence-electron chi connectivity index (χ4n) is 1.25. The summed E-state index contributed by atoms with van der Waals surface area (Å²) in [5, 5.41) is 8.84. The molecule has 0 aliphatic rings. The first kappa shape index (κ1) is 9.92. The van der Waals surface area contributed by atoms with Gasteiger partial charge in [-0.25, -0.2) is 9.78 Å². The molecule has 0 aliphatic carbocycles. The number of aromatic carboxylic acids is 1. The van der Waals surface area contributed by atoms with E-state index in [0.717, 1.165) is 5.69 Å². The summed E-state index contributed by atoms with van der Waals surface area (Å²) >= 11 is 3.22. The Balaban J connectivity index is 2.47. The van der Waals surface area contributed by atoms with Crippen LogP contribution in [0.15, 0.2) is 41.4 Å².